The lowest BCUT2D eigenvalue weighted by Gasteiger charge is -2.17. The van der Waals surface area contributed by atoms with Crippen molar-refractivity contribution in [3.63, 3.8) is 0 Å². The minimum atomic E-state index is -0.894. The second-order valence-electron chi connectivity index (χ2n) is 4.28. The molecule has 20 heavy (non-hydrogen) atoms. The number of anilines is 1. The van der Waals surface area contributed by atoms with E-state index in [1.165, 1.54) is 23.3 Å². The molecule has 1 heterocycles. The van der Waals surface area contributed by atoms with Crippen LogP contribution in [-0.4, -0.2) is 17.9 Å². The molecule has 3 nitrogen and oxygen atoms in total. The van der Waals surface area contributed by atoms with E-state index in [-0.39, 0.29) is 11.3 Å². The minimum absolute atomic E-state index is 0.302. The number of thiophene rings is 1. The molecule has 0 unspecified atom stereocenters. The molecule has 0 atom stereocenters. The highest BCUT2D eigenvalue weighted by molar-refractivity contribution is 9.11. The Morgan fingerprint density at radius 2 is 2.10 bits per heavy atom. The first-order chi connectivity index (χ1) is 9.38. The molecule has 0 fully saturated rings. The van der Waals surface area contributed by atoms with Crippen LogP contribution in [0.1, 0.15) is 15.9 Å². The van der Waals surface area contributed by atoms with Crippen molar-refractivity contribution >= 4 is 38.9 Å². The van der Waals surface area contributed by atoms with Crippen molar-refractivity contribution in [2.24, 2.45) is 0 Å². The van der Waals surface area contributed by atoms with Crippen LogP contribution in [0.2, 0.25) is 0 Å². The summed E-state index contributed by atoms with van der Waals surface area (Å²) in [6.07, 6.45) is 0. The van der Waals surface area contributed by atoms with E-state index in [1.54, 1.807) is 0 Å². The molecule has 0 spiro atoms. The lowest BCUT2D eigenvalue weighted by Crippen LogP contribution is -2.27. The monoisotopic (exact) mass is 360 g/mol. The summed E-state index contributed by atoms with van der Waals surface area (Å²) in [7, 11) is 1.52. The predicted molar refractivity (Wildman–Crippen MR) is 78.6 cm³/mol. The highest BCUT2D eigenvalue weighted by atomic mass is 79.9. The van der Waals surface area contributed by atoms with Crippen molar-refractivity contribution in [3.8, 4) is 0 Å². The average molecular weight is 361 g/mol. The number of hydrogen-bond donors (Lipinski definition) is 1. The average Bonchev–Trinajstić information content (AvgIpc) is 2.78. The number of nitrogen functional groups attached to an aromatic ring is 1. The van der Waals surface area contributed by atoms with Gasteiger partial charge in [-0.05, 0) is 45.1 Å². The van der Waals surface area contributed by atoms with Gasteiger partial charge in [-0.3, -0.25) is 4.79 Å². The lowest BCUT2D eigenvalue weighted by molar-refractivity contribution is 0.0780. The highest BCUT2D eigenvalue weighted by Crippen LogP contribution is 2.23. The summed E-state index contributed by atoms with van der Waals surface area (Å²) in [6.45, 7) is 0.302. The molecule has 7 heteroatoms. The molecule has 2 rings (SSSR count). The van der Waals surface area contributed by atoms with Crippen LogP contribution in [0.25, 0.3) is 0 Å². The number of amides is 1. The third kappa shape index (κ3) is 3.16. The van der Waals surface area contributed by atoms with Gasteiger partial charge in [0.2, 0.25) is 0 Å². The fourth-order valence-electron chi connectivity index (χ4n) is 1.75. The number of carbonyl (C=O) groups excluding carboxylic acids is 1. The molecule has 0 aliphatic carbocycles. The van der Waals surface area contributed by atoms with E-state index in [4.69, 9.17) is 5.73 Å². The van der Waals surface area contributed by atoms with Gasteiger partial charge in [0.25, 0.3) is 5.91 Å². The van der Waals surface area contributed by atoms with E-state index >= 15 is 0 Å². The third-order valence-electron chi connectivity index (χ3n) is 2.68. The Bertz CT molecular complexity index is 660. The number of carbonyl (C=O) groups is 1. The normalized spacial score (nSPS) is 10.6. The largest absolute Gasteiger partial charge is 0.396 e. The summed E-state index contributed by atoms with van der Waals surface area (Å²) in [5.74, 6) is -2.25. The van der Waals surface area contributed by atoms with Crippen molar-refractivity contribution in [1.29, 1.82) is 0 Å². The Morgan fingerprint density at radius 1 is 1.40 bits per heavy atom. The molecule has 0 aliphatic rings. The fraction of sp³-hybridized carbons (Fsp3) is 0.154. The van der Waals surface area contributed by atoms with Gasteiger partial charge >= 0.3 is 0 Å². The van der Waals surface area contributed by atoms with Gasteiger partial charge in [0.05, 0.1) is 15.0 Å². The fourth-order valence-corrected chi connectivity index (χ4v) is 2.95. The van der Waals surface area contributed by atoms with Gasteiger partial charge in [-0.15, -0.1) is 11.3 Å². The minimum Gasteiger partial charge on any atom is -0.396 e. The van der Waals surface area contributed by atoms with Gasteiger partial charge in [0.1, 0.15) is 5.82 Å². The van der Waals surface area contributed by atoms with E-state index in [1.807, 2.05) is 11.4 Å². The summed E-state index contributed by atoms with van der Waals surface area (Å²) in [6, 6.07) is 3.57. The van der Waals surface area contributed by atoms with Gasteiger partial charge in [-0.25, -0.2) is 8.78 Å². The Balaban J connectivity index is 2.22. The quantitative estimate of drug-likeness (QED) is 0.849. The first kappa shape index (κ1) is 14.9. The molecule has 0 radical (unpaired) electrons. The maximum atomic E-state index is 13.8. The lowest BCUT2D eigenvalue weighted by atomic mass is 10.1. The van der Waals surface area contributed by atoms with Crippen molar-refractivity contribution < 1.29 is 13.6 Å². The zero-order valence-corrected chi connectivity index (χ0v) is 12.9. The van der Waals surface area contributed by atoms with Gasteiger partial charge in [-0.2, -0.15) is 0 Å². The zero-order valence-electron chi connectivity index (χ0n) is 10.5. The van der Waals surface area contributed by atoms with Crippen LogP contribution in [0.4, 0.5) is 14.5 Å². The van der Waals surface area contributed by atoms with E-state index in [9.17, 15) is 13.6 Å². The van der Waals surface area contributed by atoms with Crippen LogP contribution in [0.5, 0.6) is 0 Å². The number of nitrogens with zero attached hydrogens (tertiary/aromatic N) is 1. The Morgan fingerprint density at radius 3 is 2.70 bits per heavy atom. The molecule has 2 N–H and O–H groups in total. The maximum absolute atomic E-state index is 13.8. The molecule has 0 bridgehead atoms. The van der Waals surface area contributed by atoms with E-state index in [2.05, 4.69) is 15.9 Å². The first-order valence-electron chi connectivity index (χ1n) is 5.61. The van der Waals surface area contributed by atoms with E-state index in [0.717, 1.165) is 21.5 Å². The SMILES string of the molecule is CN(Cc1csc(Br)c1)C(=O)c1cc(F)cc(N)c1F. The van der Waals surface area contributed by atoms with Crippen LogP contribution >= 0.6 is 27.3 Å². The number of rotatable bonds is 3. The smallest absolute Gasteiger partial charge is 0.257 e. The second kappa shape index (κ2) is 5.88. The van der Waals surface area contributed by atoms with Crippen LogP contribution < -0.4 is 5.73 Å². The van der Waals surface area contributed by atoms with Crippen molar-refractivity contribution in [2.75, 3.05) is 12.8 Å². The van der Waals surface area contributed by atoms with Gasteiger partial charge in [0, 0.05) is 13.6 Å². The van der Waals surface area contributed by atoms with Crippen molar-refractivity contribution in [3.05, 3.63) is 50.1 Å². The number of hydrogen-bond acceptors (Lipinski definition) is 3. The summed E-state index contributed by atoms with van der Waals surface area (Å²) < 4.78 is 28.0. The second-order valence-corrected chi connectivity index (χ2v) is 6.57. The van der Waals surface area contributed by atoms with Gasteiger partial charge in [0.15, 0.2) is 5.82 Å². The summed E-state index contributed by atoms with van der Waals surface area (Å²) >= 11 is 4.81. The summed E-state index contributed by atoms with van der Waals surface area (Å²) in [5.41, 5.74) is 5.49. The Hall–Kier alpha value is -1.47. The number of halogens is 3. The molecule has 1 amide bonds. The van der Waals surface area contributed by atoms with Crippen molar-refractivity contribution in [1.82, 2.24) is 4.90 Å². The molecule has 106 valence electrons. The molecule has 2 aromatic rings. The van der Waals surface area contributed by atoms with Crippen LogP contribution in [0, 0.1) is 11.6 Å². The molecular formula is C13H11BrF2N2OS. The van der Waals surface area contributed by atoms with Crippen LogP contribution in [0.15, 0.2) is 27.4 Å². The van der Waals surface area contributed by atoms with Crippen molar-refractivity contribution in [2.45, 2.75) is 6.54 Å². The highest BCUT2D eigenvalue weighted by Gasteiger charge is 2.19. The van der Waals surface area contributed by atoms with E-state index in [0.29, 0.717) is 6.54 Å². The first-order valence-corrected chi connectivity index (χ1v) is 7.28. The molecule has 0 saturated carbocycles. The Labute approximate surface area is 127 Å². The maximum Gasteiger partial charge on any atom is 0.257 e. The van der Waals surface area contributed by atoms with Gasteiger partial charge < -0.3 is 10.6 Å². The number of nitrogens with two attached hydrogens (primary N) is 1. The molecule has 1 aromatic carbocycles. The van der Waals surface area contributed by atoms with Crippen LogP contribution in [-0.2, 0) is 6.54 Å². The number of benzene rings is 1. The van der Waals surface area contributed by atoms with E-state index < -0.39 is 17.5 Å². The van der Waals surface area contributed by atoms with Gasteiger partial charge in [-0.1, -0.05) is 0 Å². The predicted octanol–water partition coefficient (Wildman–Crippen LogP) is 3.64. The molecule has 1 aromatic heterocycles. The summed E-state index contributed by atoms with van der Waals surface area (Å²) in [4.78, 5) is 13.4. The molecule has 0 aliphatic heterocycles. The topological polar surface area (TPSA) is 46.3 Å². The standard InChI is InChI=1S/C13H11BrF2N2OS/c1-18(5-7-2-11(14)20-6-7)13(19)9-3-8(15)4-10(17)12(9)16/h2-4,6H,5,17H2,1H3. The Kier molecular flexibility index (Phi) is 4.39. The van der Waals surface area contributed by atoms with Crippen LogP contribution in [0.3, 0.4) is 0 Å². The summed E-state index contributed by atoms with van der Waals surface area (Å²) in [5, 5.41) is 1.88. The third-order valence-corrected chi connectivity index (χ3v) is 4.24. The zero-order chi connectivity index (χ0) is 14.9. The molecular weight excluding hydrogens is 350 g/mol. The molecule has 0 saturated heterocycles.